The van der Waals surface area contributed by atoms with E-state index in [0.29, 0.717) is 17.2 Å². The van der Waals surface area contributed by atoms with Crippen LogP contribution in [0.5, 0.6) is 0 Å². The second-order valence-corrected chi connectivity index (χ2v) is 9.23. The molecule has 0 saturated carbocycles. The maximum absolute atomic E-state index is 13.7. The summed E-state index contributed by atoms with van der Waals surface area (Å²) >= 11 is 1.49. The molecule has 4 aromatic rings. The van der Waals surface area contributed by atoms with Crippen LogP contribution in [0, 0.1) is 6.92 Å². The molecule has 32 heavy (non-hydrogen) atoms. The number of carbonyl (C=O) groups excluding carboxylic acids is 1. The number of para-hydroxylation sites is 1. The van der Waals surface area contributed by atoms with E-state index >= 15 is 0 Å². The number of benzene rings is 2. The molecule has 0 bridgehead atoms. The summed E-state index contributed by atoms with van der Waals surface area (Å²) in [6.07, 6.45) is 2.00. The van der Waals surface area contributed by atoms with Crippen molar-refractivity contribution in [3.63, 3.8) is 0 Å². The van der Waals surface area contributed by atoms with E-state index in [1.54, 1.807) is 16.7 Å². The van der Waals surface area contributed by atoms with Crippen molar-refractivity contribution in [2.24, 2.45) is 0 Å². The number of aromatic nitrogens is 1. The van der Waals surface area contributed by atoms with Crippen LogP contribution >= 0.6 is 11.3 Å². The van der Waals surface area contributed by atoms with Crippen molar-refractivity contribution < 1.29 is 4.79 Å². The highest BCUT2D eigenvalue weighted by molar-refractivity contribution is 7.23. The molecule has 2 aromatic heterocycles. The number of fused-ring (bicyclic) bond motifs is 1. The minimum atomic E-state index is -0.104. The third-order valence-electron chi connectivity index (χ3n) is 5.94. The standard InChI is InChI=1S/C26H25N3O2S/c1-17-6-5-7-18(16-17)24(31)23-21-10-11-22(30)29(20-8-3-2-4-9-20)26(21)32-25(23)28-19-12-14-27-15-13-19/h2-11,16,19,27-28H,12-15H2,1H3. The molecule has 1 aliphatic heterocycles. The maximum atomic E-state index is 13.7. The molecule has 0 spiro atoms. The number of rotatable bonds is 5. The lowest BCUT2D eigenvalue weighted by molar-refractivity contribution is 0.104. The number of ketones is 1. The molecule has 0 atom stereocenters. The second-order valence-electron chi connectivity index (χ2n) is 8.23. The Bertz CT molecular complexity index is 1330. The molecule has 0 unspecified atom stereocenters. The Balaban J connectivity index is 1.71. The largest absolute Gasteiger partial charge is 0.373 e. The van der Waals surface area contributed by atoms with E-state index in [1.165, 1.54) is 11.3 Å². The quantitative estimate of drug-likeness (QED) is 0.437. The van der Waals surface area contributed by atoms with Gasteiger partial charge in [-0.1, -0.05) is 53.3 Å². The fourth-order valence-electron chi connectivity index (χ4n) is 4.31. The van der Waals surface area contributed by atoms with Gasteiger partial charge in [0.2, 0.25) is 0 Å². The maximum Gasteiger partial charge on any atom is 0.256 e. The van der Waals surface area contributed by atoms with Gasteiger partial charge in [-0.3, -0.25) is 14.2 Å². The van der Waals surface area contributed by atoms with Crippen molar-refractivity contribution in [2.75, 3.05) is 18.4 Å². The number of nitrogens with zero attached hydrogens (tertiary/aromatic N) is 1. The molecule has 6 heteroatoms. The van der Waals surface area contributed by atoms with E-state index in [1.807, 2.05) is 61.5 Å². The van der Waals surface area contributed by atoms with Gasteiger partial charge in [-0.2, -0.15) is 0 Å². The van der Waals surface area contributed by atoms with Crippen molar-refractivity contribution in [1.82, 2.24) is 9.88 Å². The predicted octanol–water partition coefficient (Wildman–Crippen LogP) is 4.76. The van der Waals surface area contributed by atoms with E-state index in [-0.39, 0.29) is 11.3 Å². The molecule has 3 heterocycles. The monoisotopic (exact) mass is 443 g/mol. The molecule has 1 fully saturated rings. The summed E-state index contributed by atoms with van der Waals surface area (Å²) in [5.41, 5.74) is 3.05. The number of pyridine rings is 1. The van der Waals surface area contributed by atoms with Crippen LogP contribution in [0.1, 0.15) is 34.3 Å². The lowest BCUT2D eigenvalue weighted by Crippen LogP contribution is -2.35. The highest BCUT2D eigenvalue weighted by atomic mass is 32.1. The summed E-state index contributed by atoms with van der Waals surface area (Å²) in [7, 11) is 0. The lowest BCUT2D eigenvalue weighted by atomic mass is 10.00. The Hall–Kier alpha value is -3.22. The summed E-state index contributed by atoms with van der Waals surface area (Å²) < 4.78 is 1.71. The summed E-state index contributed by atoms with van der Waals surface area (Å²) in [5, 5.41) is 8.68. The smallest absolute Gasteiger partial charge is 0.256 e. The number of hydrogen-bond acceptors (Lipinski definition) is 5. The third-order valence-corrected chi connectivity index (χ3v) is 7.06. The van der Waals surface area contributed by atoms with Gasteiger partial charge in [-0.05, 0) is 57.1 Å². The first-order valence-corrected chi connectivity index (χ1v) is 11.8. The minimum Gasteiger partial charge on any atom is -0.373 e. The van der Waals surface area contributed by atoms with Crippen molar-refractivity contribution in [3.8, 4) is 5.69 Å². The zero-order valence-corrected chi connectivity index (χ0v) is 18.7. The molecule has 2 N–H and O–H groups in total. The Morgan fingerprint density at radius 2 is 1.81 bits per heavy atom. The molecule has 5 rings (SSSR count). The van der Waals surface area contributed by atoms with E-state index in [2.05, 4.69) is 10.6 Å². The molecular weight excluding hydrogens is 418 g/mol. The normalized spacial score (nSPS) is 14.5. The van der Waals surface area contributed by atoms with Gasteiger partial charge in [0.1, 0.15) is 9.83 Å². The molecule has 0 radical (unpaired) electrons. The molecule has 1 aliphatic rings. The van der Waals surface area contributed by atoms with Gasteiger partial charge in [-0.25, -0.2) is 0 Å². The van der Waals surface area contributed by atoms with Crippen LogP contribution in [0.2, 0.25) is 0 Å². The van der Waals surface area contributed by atoms with Gasteiger partial charge in [0.15, 0.2) is 5.78 Å². The summed E-state index contributed by atoms with van der Waals surface area (Å²) in [5.74, 6) is -0.0188. The molecule has 5 nitrogen and oxygen atoms in total. The molecule has 2 aromatic carbocycles. The Morgan fingerprint density at radius 1 is 1.03 bits per heavy atom. The first-order valence-electron chi connectivity index (χ1n) is 10.9. The van der Waals surface area contributed by atoms with Crippen LogP contribution in [-0.2, 0) is 0 Å². The minimum absolute atomic E-state index is 0.0188. The van der Waals surface area contributed by atoms with Gasteiger partial charge in [-0.15, -0.1) is 0 Å². The van der Waals surface area contributed by atoms with Crippen molar-refractivity contribution >= 4 is 32.3 Å². The Labute approximate surface area is 190 Å². The number of aryl methyl sites for hydroxylation is 1. The molecule has 1 saturated heterocycles. The molecule has 162 valence electrons. The van der Waals surface area contributed by atoms with Crippen LogP contribution < -0.4 is 16.2 Å². The highest BCUT2D eigenvalue weighted by Crippen LogP contribution is 2.38. The van der Waals surface area contributed by atoms with Gasteiger partial charge >= 0.3 is 0 Å². The van der Waals surface area contributed by atoms with Crippen molar-refractivity contribution in [3.05, 3.63) is 93.8 Å². The highest BCUT2D eigenvalue weighted by Gasteiger charge is 2.25. The number of nitrogens with one attached hydrogen (secondary N) is 2. The van der Waals surface area contributed by atoms with E-state index < -0.39 is 0 Å². The van der Waals surface area contributed by atoms with Crippen LogP contribution in [0.25, 0.3) is 15.9 Å². The fourth-order valence-corrected chi connectivity index (χ4v) is 5.60. The first-order chi connectivity index (χ1) is 15.6. The lowest BCUT2D eigenvalue weighted by Gasteiger charge is -2.24. The zero-order chi connectivity index (χ0) is 22.1. The van der Waals surface area contributed by atoms with Crippen LogP contribution in [0.15, 0.2) is 71.5 Å². The SMILES string of the molecule is Cc1cccc(C(=O)c2c(NC3CCNCC3)sc3c2ccc(=O)n3-c2ccccc2)c1. The van der Waals surface area contributed by atoms with Crippen molar-refractivity contribution in [2.45, 2.75) is 25.8 Å². The first kappa shape index (κ1) is 20.7. The number of thiophene rings is 1. The van der Waals surface area contributed by atoms with Gasteiger partial charge < -0.3 is 10.6 Å². The average molecular weight is 444 g/mol. The van der Waals surface area contributed by atoms with E-state index in [9.17, 15) is 9.59 Å². The van der Waals surface area contributed by atoms with Gasteiger partial charge in [0, 0.05) is 23.1 Å². The third kappa shape index (κ3) is 3.87. The summed E-state index contributed by atoms with van der Waals surface area (Å²) in [6, 6.07) is 20.9. The van der Waals surface area contributed by atoms with E-state index in [0.717, 1.165) is 52.4 Å². The van der Waals surface area contributed by atoms with Crippen molar-refractivity contribution in [1.29, 1.82) is 0 Å². The number of carbonyl (C=O) groups is 1. The number of anilines is 1. The van der Waals surface area contributed by atoms with Gasteiger partial charge in [0.25, 0.3) is 5.56 Å². The van der Waals surface area contributed by atoms with Crippen LogP contribution in [0.3, 0.4) is 0 Å². The second kappa shape index (κ2) is 8.73. The fraction of sp³-hybridized carbons (Fsp3) is 0.231. The Kier molecular flexibility index (Phi) is 5.64. The molecule has 0 aliphatic carbocycles. The zero-order valence-electron chi connectivity index (χ0n) is 17.9. The van der Waals surface area contributed by atoms with E-state index in [4.69, 9.17) is 0 Å². The van der Waals surface area contributed by atoms with Gasteiger partial charge in [0.05, 0.1) is 11.3 Å². The number of piperidine rings is 1. The Morgan fingerprint density at radius 3 is 2.56 bits per heavy atom. The average Bonchev–Trinajstić information content (AvgIpc) is 3.17. The number of hydrogen-bond donors (Lipinski definition) is 2. The predicted molar refractivity (Wildman–Crippen MR) is 132 cm³/mol. The van der Waals surface area contributed by atoms with Crippen LogP contribution in [0.4, 0.5) is 5.00 Å². The summed E-state index contributed by atoms with van der Waals surface area (Å²) in [4.78, 5) is 27.4. The molecular formula is C26H25N3O2S. The summed E-state index contributed by atoms with van der Waals surface area (Å²) in [6.45, 7) is 3.90. The molecule has 0 amide bonds. The van der Waals surface area contributed by atoms with Crippen LogP contribution in [-0.4, -0.2) is 29.5 Å². The topological polar surface area (TPSA) is 63.1 Å².